The number of unbranched alkanes of at least 4 members (excludes halogenated alkanes) is 9. The molecule has 0 saturated heterocycles. The van der Waals surface area contributed by atoms with E-state index in [0.717, 1.165) is 12.8 Å². The summed E-state index contributed by atoms with van der Waals surface area (Å²) in [6.07, 6.45) is 14.1. The third kappa shape index (κ3) is 15.2. The topological polar surface area (TPSA) is 29.5 Å². The standard InChI is InChI=1S/C17H33NO2/c1-4-17(19)20-16-14-12-10-8-6-5-7-9-11-13-15-18(2)3/h4H,1,5-16H2,2-3H3. The molecule has 0 aliphatic carbocycles. The molecule has 0 heterocycles. The largest absolute Gasteiger partial charge is 0.463 e. The molecule has 0 aromatic carbocycles. The van der Waals surface area contributed by atoms with Crippen LogP contribution in [0.25, 0.3) is 0 Å². The number of carbonyl (C=O) groups is 1. The first-order chi connectivity index (χ1) is 9.66. The van der Waals surface area contributed by atoms with Gasteiger partial charge in [-0.3, -0.25) is 0 Å². The van der Waals surface area contributed by atoms with Crippen molar-refractivity contribution in [3.05, 3.63) is 12.7 Å². The first-order valence-corrected chi connectivity index (χ1v) is 8.10. The zero-order chi connectivity index (χ0) is 15.1. The van der Waals surface area contributed by atoms with Crippen LogP contribution in [0.1, 0.15) is 64.2 Å². The van der Waals surface area contributed by atoms with Crippen molar-refractivity contribution in [3.8, 4) is 0 Å². The minimum atomic E-state index is -0.306. The lowest BCUT2D eigenvalue weighted by Gasteiger charge is -2.08. The van der Waals surface area contributed by atoms with E-state index >= 15 is 0 Å². The number of nitrogens with zero attached hydrogens (tertiary/aromatic N) is 1. The highest BCUT2D eigenvalue weighted by atomic mass is 16.5. The smallest absolute Gasteiger partial charge is 0.330 e. The van der Waals surface area contributed by atoms with Crippen LogP contribution in [0.2, 0.25) is 0 Å². The first-order valence-electron chi connectivity index (χ1n) is 8.10. The summed E-state index contributed by atoms with van der Waals surface area (Å²) in [5.74, 6) is -0.306. The van der Waals surface area contributed by atoms with Crippen molar-refractivity contribution in [2.75, 3.05) is 27.2 Å². The minimum Gasteiger partial charge on any atom is -0.463 e. The number of carbonyl (C=O) groups excluding carboxylic acids is 1. The fraction of sp³-hybridized carbons (Fsp3) is 0.824. The van der Waals surface area contributed by atoms with Crippen LogP contribution in [0.5, 0.6) is 0 Å². The van der Waals surface area contributed by atoms with Gasteiger partial charge in [0, 0.05) is 6.08 Å². The average molecular weight is 283 g/mol. The van der Waals surface area contributed by atoms with Crippen molar-refractivity contribution in [2.45, 2.75) is 64.2 Å². The van der Waals surface area contributed by atoms with Gasteiger partial charge in [0.2, 0.25) is 0 Å². The SMILES string of the molecule is C=CC(=O)OCCCCCCCCCCCCN(C)C. The van der Waals surface area contributed by atoms with Crippen molar-refractivity contribution >= 4 is 5.97 Å². The maximum atomic E-state index is 10.8. The number of rotatable bonds is 14. The van der Waals surface area contributed by atoms with E-state index in [2.05, 4.69) is 25.6 Å². The van der Waals surface area contributed by atoms with E-state index in [1.807, 2.05) is 0 Å². The van der Waals surface area contributed by atoms with Crippen molar-refractivity contribution in [2.24, 2.45) is 0 Å². The lowest BCUT2D eigenvalue weighted by Crippen LogP contribution is -2.12. The number of hydrogen-bond acceptors (Lipinski definition) is 3. The van der Waals surface area contributed by atoms with Gasteiger partial charge < -0.3 is 9.64 Å². The summed E-state index contributed by atoms with van der Waals surface area (Å²) in [5, 5.41) is 0. The molecule has 0 aromatic heterocycles. The summed E-state index contributed by atoms with van der Waals surface area (Å²) < 4.78 is 4.93. The second-order valence-corrected chi connectivity index (χ2v) is 5.71. The van der Waals surface area contributed by atoms with Crippen molar-refractivity contribution in [1.82, 2.24) is 4.90 Å². The second kappa shape index (κ2) is 14.6. The van der Waals surface area contributed by atoms with E-state index in [0.29, 0.717) is 6.61 Å². The molecule has 20 heavy (non-hydrogen) atoms. The fourth-order valence-corrected chi connectivity index (χ4v) is 2.18. The van der Waals surface area contributed by atoms with Crippen LogP contribution in [0.15, 0.2) is 12.7 Å². The van der Waals surface area contributed by atoms with Gasteiger partial charge in [-0.15, -0.1) is 0 Å². The molecule has 3 nitrogen and oxygen atoms in total. The van der Waals surface area contributed by atoms with Gasteiger partial charge >= 0.3 is 5.97 Å². The molecular formula is C17H33NO2. The predicted molar refractivity (Wildman–Crippen MR) is 85.9 cm³/mol. The quantitative estimate of drug-likeness (QED) is 0.272. The maximum absolute atomic E-state index is 10.8. The van der Waals surface area contributed by atoms with Gasteiger partial charge in [0.15, 0.2) is 0 Å². The zero-order valence-electron chi connectivity index (χ0n) is 13.5. The zero-order valence-corrected chi connectivity index (χ0v) is 13.5. The summed E-state index contributed by atoms with van der Waals surface area (Å²) in [6.45, 7) is 5.12. The number of esters is 1. The second-order valence-electron chi connectivity index (χ2n) is 5.71. The molecule has 0 aliphatic heterocycles. The lowest BCUT2D eigenvalue weighted by atomic mass is 10.1. The Morgan fingerprint density at radius 2 is 1.35 bits per heavy atom. The Labute approximate surface area is 125 Å². The average Bonchev–Trinajstić information content (AvgIpc) is 2.43. The molecule has 0 unspecified atom stereocenters. The summed E-state index contributed by atoms with van der Waals surface area (Å²) in [7, 11) is 4.27. The Bertz CT molecular complexity index is 239. The molecule has 0 N–H and O–H groups in total. The highest BCUT2D eigenvalue weighted by molar-refractivity contribution is 5.81. The first kappa shape index (κ1) is 19.2. The predicted octanol–water partition coefficient (Wildman–Crippen LogP) is 4.18. The van der Waals surface area contributed by atoms with Gasteiger partial charge in [-0.05, 0) is 33.5 Å². The fourth-order valence-electron chi connectivity index (χ4n) is 2.18. The van der Waals surface area contributed by atoms with E-state index in [1.165, 1.54) is 64.0 Å². The Morgan fingerprint density at radius 3 is 1.80 bits per heavy atom. The summed E-state index contributed by atoms with van der Waals surface area (Å²) in [5.41, 5.74) is 0. The van der Waals surface area contributed by atoms with Crippen LogP contribution < -0.4 is 0 Å². The van der Waals surface area contributed by atoms with E-state index in [1.54, 1.807) is 0 Å². The van der Waals surface area contributed by atoms with Gasteiger partial charge in [0.1, 0.15) is 0 Å². The Balaban J connectivity index is 3.03. The molecule has 0 spiro atoms. The summed E-state index contributed by atoms with van der Waals surface area (Å²) >= 11 is 0. The van der Waals surface area contributed by atoms with E-state index in [-0.39, 0.29) is 5.97 Å². The third-order valence-corrected chi connectivity index (χ3v) is 3.41. The molecule has 0 rings (SSSR count). The van der Waals surface area contributed by atoms with Crippen LogP contribution >= 0.6 is 0 Å². The monoisotopic (exact) mass is 283 g/mol. The van der Waals surface area contributed by atoms with Gasteiger partial charge in [-0.25, -0.2) is 4.79 Å². The van der Waals surface area contributed by atoms with E-state index in [4.69, 9.17) is 4.74 Å². The normalized spacial score (nSPS) is 10.8. The van der Waals surface area contributed by atoms with Crippen LogP contribution in [0, 0.1) is 0 Å². The number of ether oxygens (including phenoxy) is 1. The maximum Gasteiger partial charge on any atom is 0.330 e. The molecule has 0 radical (unpaired) electrons. The molecule has 0 amide bonds. The molecule has 0 atom stereocenters. The van der Waals surface area contributed by atoms with Crippen LogP contribution in [-0.4, -0.2) is 38.1 Å². The Morgan fingerprint density at radius 1 is 0.900 bits per heavy atom. The summed E-state index contributed by atoms with van der Waals surface area (Å²) in [4.78, 5) is 13.0. The molecular weight excluding hydrogens is 250 g/mol. The van der Waals surface area contributed by atoms with Gasteiger partial charge in [-0.2, -0.15) is 0 Å². The van der Waals surface area contributed by atoms with Crippen molar-refractivity contribution < 1.29 is 9.53 Å². The Hall–Kier alpha value is -0.830. The highest BCUT2D eigenvalue weighted by Gasteiger charge is 1.96. The molecule has 0 aromatic rings. The third-order valence-electron chi connectivity index (χ3n) is 3.41. The Kier molecular flexibility index (Phi) is 14.0. The van der Waals surface area contributed by atoms with E-state index < -0.39 is 0 Å². The molecule has 118 valence electrons. The van der Waals surface area contributed by atoms with Crippen LogP contribution in [0.3, 0.4) is 0 Å². The van der Waals surface area contributed by atoms with Gasteiger partial charge in [-0.1, -0.05) is 57.9 Å². The van der Waals surface area contributed by atoms with Crippen molar-refractivity contribution in [1.29, 1.82) is 0 Å². The molecule has 0 aliphatic rings. The summed E-state index contributed by atoms with van der Waals surface area (Å²) in [6, 6.07) is 0. The van der Waals surface area contributed by atoms with Gasteiger partial charge in [0.25, 0.3) is 0 Å². The van der Waals surface area contributed by atoms with Crippen LogP contribution in [-0.2, 0) is 9.53 Å². The molecule has 0 saturated carbocycles. The van der Waals surface area contributed by atoms with Crippen molar-refractivity contribution in [3.63, 3.8) is 0 Å². The molecule has 3 heteroatoms. The molecule has 0 bridgehead atoms. The highest BCUT2D eigenvalue weighted by Crippen LogP contribution is 2.10. The van der Waals surface area contributed by atoms with Gasteiger partial charge in [0.05, 0.1) is 6.61 Å². The lowest BCUT2D eigenvalue weighted by molar-refractivity contribution is -0.137. The molecule has 0 fully saturated rings. The minimum absolute atomic E-state index is 0.306. The number of hydrogen-bond donors (Lipinski definition) is 0. The van der Waals surface area contributed by atoms with Crippen LogP contribution in [0.4, 0.5) is 0 Å². The van der Waals surface area contributed by atoms with E-state index in [9.17, 15) is 4.79 Å².